The van der Waals surface area contributed by atoms with Crippen LogP contribution in [0.4, 0.5) is 0 Å². The van der Waals surface area contributed by atoms with Crippen LogP contribution < -0.4 is 10.1 Å². The van der Waals surface area contributed by atoms with E-state index in [1.54, 1.807) is 7.11 Å². The molecule has 0 spiro atoms. The molecule has 1 aliphatic rings. The van der Waals surface area contributed by atoms with Crippen LogP contribution in [0.25, 0.3) is 0 Å². The third-order valence-electron chi connectivity index (χ3n) is 4.77. The normalized spacial score (nSPS) is 22.2. The van der Waals surface area contributed by atoms with E-state index in [9.17, 15) is 4.79 Å². The number of carbonyl (C=O) groups excluding carboxylic acids is 1. The highest BCUT2D eigenvalue weighted by molar-refractivity contribution is 5.79. The van der Waals surface area contributed by atoms with Crippen LogP contribution in [0.3, 0.4) is 0 Å². The molecule has 122 valence electrons. The average molecular weight is 303 g/mol. The lowest BCUT2D eigenvalue weighted by atomic mass is 9.69. The molecule has 0 radical (unpaired) electrons. The number of hydrogen-bond acceptors (Lipinski definition) is 2. The number of amides is 1. The number of rotatable bonds is 4. The summed E-state index contributed by atoms with van der Waals surface area (Å²) in [6.07, 6.45) is 5.19. The summed E-state index contributed by atoms with van der Waals surface area (Å²) in [6, 6.07) is 8.04. The van der Waals surface area contributed by atoms with Gasteiger partial charge in [0.15, 0.2) is 0 Å². The molecule has 2 unspecified atom stereocenters. The summed E-state index contributed by atoms with van der Waals surface area (Å²) in [4.78, 5) is 12.5. The minimum absolute atomic E-state index is 0.102. The third kappa shape index (κ3) is 4.25. The SMILES string of the molecule is COc1ccccc1CC(=O)NC1CCCCC1C(C)(C)C. The van der Waals surface area contributed by atoms with Crippen LogP contribution >= 0.6 is 0 Å². The molecule has 1 amide bonds. The molecule has 2 atom stereocenters. The van der Waals surface area contributed by atoms with Gasteiger partial charge in [0, 0.05) is 11.6 Å². The fourth-order valence-electron chi connectivity index (χ4n) is 3.62. The van der Waals surface area contributed by atoms with Crippen molar-refractivity contribution in [1.82, 2.24) is 5.32 Å². The number of ether oxygens (including phenoxy) is 1. The monoisotopic (exact) mass is 303 g/mol. The Bertz CT molecular complexity index is 504. The zero-order valence-corrected chi connectivity index (χ0v) is 14.3. The van der Waals surface area contributed by atoms with Crippen molar-refractivity contribution in [3.8, 4) is 5.75 Å². The Morgan fingerprint density at radius 3 is 2.59 bits per heavy atom. The van der Waals surface area contributed by atoms with Gasteiger partial charge in [0.1, 0.15) is 5.75 Å². The van der Waals surface area contributed by atoms with Gasteiger partial charge in [-0.05, 0) is 30.2 Å². The maximum atomic E-state index is 12.5. The topological polar surface area (TPSA) is 38.3 Å². The van der Waals surface area contributed by atoms with Gasteiger partial charge in [0.2, 0.25) is 5.91 Å². The average Bonchev–Trinajstić information content (AvgIpc) is 2.47. The molecular weight excluding hydrogens is 274 g/mol. The summed E-state index contributed by atoms with van der Waals surface area (Å²) in [5, 5.41) is 3.28. The van der Waals surface area contributed by atoms with E-state index in [4.69, 9.17) is 4.74 Å². The number of benzene rings is 1. The lowest BCUT2D eigenvalue weighted by molar-refractivity contribution is -0.122. The molecule has 22 heavy (non-hydrogen) atoms. The lowest BCUT2D eigenvalue weighted by Crippen LogP contribution is -2.47. The van der Waals surface area contributed by atoms with Crippen LogP contribution in [0.5, 0.6) is 5.75 Å². The van der Waals surface area contributed by atoms with Crippen molar-refractivity contribution in [2.75, 3.05) is 7.11 Å². The van der Waals surface area contributed by atoms with Crippen LogP contribution in [0.15, 0.2) is 24.3 Å². The van der Waals surface area contributed by atoms with Crippen LogP contribution in [0, 0.1) is 11.3 Å². The first-order valence-corrected chi connectivity index (χ1v) is 8.33. The maximum Gasteiger partial charge on any atom is 0.224 e. The van der Waals surface area contributed by atoms with Crippen molar-refractivity contribution in [3.63, 3.8) is 0 Å². The maximum absolute atomic E-state index is 12.5. The summed E-state index contributed by atoms with van der Waals surface area (Å²) in [5.74, 6) is 1.45. The Hall–Kier alpha value is -1.51. The lowest BCUT2D eigenvalue weighted by Gasteiger charge is -2.40. The molecule has 3 heteroatoms. The Labute approximate surface area is 134 Å². The number of hydrogen-bond donors (Lipinski definition) is 1. The molecule has 2 rings (SSSR count). The quantitative estimate of drug-likeness (QED) is 0.914. The van der Waals surface area contributed by atoms with Gasteiger partial charge in [0.25, 0.3) is 0 Å². The van der Waals surface area contributed by atoms with Crippen molar-refractivity contribution < 1.29 is 9.53 Å². The molecule has 1 aliphatic carbocycles. The molecule has 0 bridgehead atoms. The van der Waals surface area contributed by atoms with Crippen molar-refractivity contribution in [2.24, 2.45) is 11.3 Å². The number of carbonyl (C=O) groups is 1. The number of methoxy groups -OCH3 is 1. The molecule has 1 N–H and O–H groups in total. The van der Waals surface area contributed by atoms with Crippen LogP contribution in [-0.4, -0.2) is 19.1 Å². The summed E-state index contributed by atoms with van der Waals surface area (Å²) in [7, 11) is 1.65. The largest absolute Gasteiger partial charge is 0.496 e. The molecule has 3 nitrogen and oxygen atoms in total. The van der Waals surface area contributed by atoms with E-state index in [1.165, 1.54) is 19.3 Å². The predicted molar refractivity (Wildman–Crippen MR) is 90.0 cm³/mol. The highest BCUT2D eigenvalue weighted by Gasteiger charge is 2.34. The fourth-order valence-corrected chi connectivity index (χ4v) is 3.62. The molecule has 0 aliphatic heterocycles. The van der Waals surface area contributed by atoms with Crippen molar-refractivity contribution in [1.29, 1.82) is 0 Å². The van der Waals surface area contributed by atoms with Gasteiger partial charge in [-0.3, -0.25) is 4.79 Å². The van der Waals surface area contributed by atoms with Crippen LogP contribution in [0.2, 0.25) is 0 Å². The fraction of sp³-hybridized carbons (Fsp3) is 0.632. The second kappa shape index (κ2) is 7.17. The molecule has 0 saturated heterocycles. The molecule has 0 aromatic heterocycles. The molecular formula is C19H29NO2. The van der Waals surface area contributed by atoms with Crippen molar-refractivity contribution in [2.45, 2.75) is 58.9 Å². The first-order chi connectivity index (χ1) is 10.4. The second-order valence-electron chi connectivity index (χ2n) is 7.42. The molecule has 1 aromatic carbocycles. The predicted octanol–water partition coefficient (Wildman–Crippen LogP) is 3.96. The Morgan fingerprint density at radius 2 is 1.91 bits per heavy atom. The highest BCUT2D eigenvalue weighted by Crippen LogP contribution is 2.38. The minimum atomic E-state index is 0.102. The van der Waals surface area contributed by atoms with E-state index in [2.05, 4.69) is 26.1 Å². The standard InChI is InChI=1S/C19H29NO2/c1-19(2,3)15-10-6-7-11-16(15)20-18(21)13-14-9-5-8-12-17(14)22-4/h5,8-9,12,15-16H,6-7,10-11,13H2,1-4H3,(H,20,21). The molecule has 1 fully saturated rings. The van der Waals surface area contributed by atoms with E-state index >= 15 is 0 Å². The van der Waals surface area contributed by atoms with Gasteiger partial charge < -0.3 is 10.1 Å². The molecule has 0 heterocycles. The highest BCUT2D eigenvalue weighted by atomic mass is 16.5. The van der Waals surface area contributed by atoms with Gasteiger partial charge in [-0.25, -0.2) is 0 Å². The van der Waals surface area contributed by atoms with E-state index in [-0.39, 0.29) is 11.3 Å². The summed E-state index contributed by atoms with van der Waals surface area (Å²) >= 11 is 0. The first-order valence-electron chi connectivity index (χ1n) is 8.33. The van der Waals surface area contributed by atoms with E-state index in [1.807, 2.05) is 24.3 Å². The first kappa shape index (κ1) is 16.9. The minimum Gasteiger partial charge on any atom is -0.496 e. The van der Waals surface area contributed by atoms with E-state index in [0.717, 1.165) is 17.7 Å². The smallest absolute Gasteiger partial charge is 0.224 e. The zero-order chi connectivity index (χ0) is 16.2. The number of para-hydroxylation sites is 1. The zero-order valence-electron chi connectivity index (χ0n) is 14.3. The Morgan fingerprint density at radius 1 is 1.23 bits per heavy atom. The molecule has 1 saturated carbocycles. The summed E-state index contributed by atoms with van der Waals surface area (Å²) in [5.41, 5.74) is 1.19. The van der Waals surface area contributed by atoms with Gasteiger partial charge in [-0.1, -0.05) is 51.8 Å². The van der Waals surface area contributed by atoms with Crippen LogP contribution in [0.1, 0.15) is 52.0 Å². The summed E-state index contributed by atoms with van der Waals surface area (Å²) < 4.78 is 5.33. The van der Waals surface area contributed by atoms with Crippen molar-refractivity contribution in [3.05, 3.63) is 29.8 Å². The van der Waals surface area contributed by atoms with E-state index < -0.39 is 0 Å². The van der Waals surface area contributed by atoms with E-state index in [0.29, 0.717) is 18.4 Å². The molecule has 1 aromatic rings. The van der Waals surface area contributed by atoms with Gasteiger partial charge in [0.05, 0.1) is 13.5 Å². The van der Waals surface area contributed by atoms with Crippen molar-refractivity contribution >= 4 is 5.91 Å². The van der Waals surface area contributed by atoms with Gasteiger partial charge >= 0.3 is 0 Å². The van der Waals surface area contributed by atoms with Gasteiger partial charge in [-0.2, -0.15) is 0 Å². The van der Waals surface area contributed by atoms with Crippen LogP contribution in [-0.2, 0) is 11.2 Å². The number of nitrogens with one attached hydrogen (secondary N) is 1. The Kier molecular flexibility index (Phi) is 5.49. The third-order valence-corrected chi connectivity index (χ3v) is 4.77. The Balaban J connectivity index is 2.01. The second-order valence-corrected chi connectivity index (χ2v) is 7.42. The summed E-state index contributed by atoms with van der Waals surface area (Å²) in [6.45, 7) is 6.84. The van der Waals surface area contributed by atoms with Gasteiger partial charge in [-0.15, -0.1) is 0 Å².